The van der Waals surface area contributed by atoms with Crippen LogP contribution in [-0.2, 0) is 11.2 Å². The van der Waals surface area contributed by atoms with Crippen molar-refractivity contribution in [2.24, 2.45) is 0 Å². The van der Waals surface area contributed by atoms with Crippen LogP contribution >= 0.6 is 0 Å². The number of H-pyrrole nitrogens is 1. The van der Waals surface area contributed by atoms with E-state index in [1.807, 2.05) is 6.92 Å². The first-order chi connectivity index (χ1) is 7.72. The second kappa shape index (κ2) is 6.95. The van der Waals surface area contributed by atoms with Gasteiger partial charge in [0.25, 0.3) is 0 Å². The molecule has 1 atom stereocenters. The highest BCUT2D eigenvalue weighted by Gasteiger charge is 2.07. The number of hydrogen-bond acceptors (Lipinski definition) is 4. The van der Waals surface area contributed by atoms with Gasteiger partial charge in [0.2, 0.25) is 5.91 Å². The molecule has 0 aromatic carbocycles. The number of hydrogen-bond donors (Lipinski definition) is 3. The largest absolute Gasteiger partial charge is 0.391 e. The molecule has 1 unspecified atom stereocenters. The van der Waals surface area contributed by atoms with Gasteiger partial charge >= 0.3 is 0 Å². The Bertz CT molecular complexity index is 300. The molecule has 1 amide bonds. The van der Waals surface area contributed by atoms with Crippen molar-refractivity contribution in [3.05, 3.63) is 12.2 Å². The van der Waals surface area contributed by atoms with Gasteiger partial charge < -0.3 is 10.4 Å². The summed E-state index contributed by atoms with van der Waals surface area (Å²) >= 11 is 0. The second-order valence-electron chi connectivity index (χ2n) is 3.68. The van der Waals surface area contributed by atoms with Gasteiger partial charge in [-0.25, -0.2) is 4.98 Å². The van der Waals surface area contributed by atoms with E-state index >= 15 is 0 Å². The molecule has 0 spiro atoms. The Labute approximate surface area is 94.5 Å². The van der Waals surface area contributed by atoms with E-state index in [4.69, 9.17) is 0 Å². The summed E-state index contributed by atoms with van der Waals surface area (Å²) in [6.07, 6.45) is 3.48. The van der Waals surface area contributed by atoms with Crippen LogP contribution in [0.4, 0.5) is 0 Å². The second-order valence-corrected chi connectivity index (χ2v) is 3.68. The number of aromatic nitrogens is 3. The Morgan fingerprint density at radius 3 is 3.12 bits per heavy atom. The Hall–Kier alpha value is -1.43. The summed E-state index contributed by atoms with van der Waals surface area (Å²) in [4.78, 5) is 15.3. The fourth-order valence-electron chi connectivity index (χ4n) is 1.34. The zero-order chi connectivity index (χ0) is 11.8. The van der Waals surface area contributed by atoms with Crippen LogP contribution in [0.15, 0.2) is 6.33 Å². The molecule has 3 N–H and O–H groups in total. The van der Waals surface area contributed by atoms with Crippen molar-refractivity contribution in [3.8, 4) is 0 Å². The monoisotopic (exact) mass is 226 g/mol. The summed E-state index contributed by atoms with van der Waals surface area (Å²) in [5, 5.41) is 18.5. The van der Waals surface area contributed by atoms with Crippen molar-refractivity contribution in [1.82, 2.24) is 20.5 Å². The van der Waals surface area contributed by atoms with Crippen molar-refractivity contribution >= 4 is 5.91 Å². The van der Waals surface area contributed by atoms with E-state index in [-0.39, 0.29) is 5.91 Å². The van der Waals surface area contributed by atoms with E-state index in [0.717, 1.165) is 6.42 Å². The molecule has 6 nitrogen and oxygen atoms in total. The molecular formula is C10H18N4O2. The van der Waals surface area contributed by atoms with Crippen LogP contribution in [-0.4, -0.2) is 38.8 Å². The van der Waals surface area contributed by atoms with E-state index in [2.05, 4.69) is 20.5 Å². The standard InChI is InChI=1S/C10H18N4O2/c1-2-3-8(15)6-11-10(16)5-4-9-12-7-13-14-9/h7-8,15H,2-6H2,1H3,(H,11,16)(H,12,13,14). The summed E-state index contributed by atoms with van der Waals surface area (Å²) in [6.45, 7) is 2.32. The fraction of sp³-hybridized carbons (Fsp3) is 0.700. The van der Waals surface area contributed by atoms with Gasteiger partial charge in [0, 0.05) is 19.4 Å². The van der Waals surface area contributed by atoms with Gasteiger partial charge in [-0.15, -0.1) is 0 Å². The summed E-state index contributed by atoms with van der Waals surface area (Å²) in [7, 11) is 0. The van der Waals surface area contributed by atoms with Crippen LogP contribution in [0.25, 0.3) is 0 Å². The van der Waals surface area contributed by atoms with E-state index in [1.54, 1.807) is 0 Å². The quantitative estimate of drug-likeness (QED) is 0.611. The molecule has 1 aromatic heterocycles. The molecular weight excluding hydrogens is 208 g/mol. The molecule has 16 heavy (non-hydrogen) atoms. The Morgan fingerprint density at radius 2 is 2.50 bits per heavy atom. The van der Waals surface area contributed by atoms with Crippen molar-refractivity contribution in [1.29, 1.82) is 0 Å². The summed E-state index contributed by atoms with van der Waals surface area (Å²) in [5.41, 5.74) is 0. The topological polar surface area (TPSA) is 90.9 Å². The average molecular weight is 226 g/mol. The molecule has 1 heterocycles. The lowest BCUT2D eigenvalue weighted by Crippen LogP contribution is -2.32. The van der Waals surface area contributed by atoms with Crippen LogP contribution in [0.5, 0.6) is 0 Å². The molecule has 0 fully saturated rings. The zero-order valence-electron chi connectivity index (χ0n) is 9.44. The fourth-order valence-corrected chi connectivity index (χ4v) is 1.34. The third-order valence-electron chi connectivity index (χ3n) is 2.21. The number of carbonyl (C=O) groups excluding carboxylic acids is 1. The predicted molar refractivity (Wildman–Crippen MR) is 58.6 cm³/mol. The molecule has 0 aliphatic carbocycles. The van der Waals surface area contributed by atoms with Crippen molar-refractivity contribution in [2.75, 3.05) is 6.54 Å². The summed E-state index contributed by atoms with van der Waals surface area (Å²) in [5.74, 6) is 0.621. The maximum absolute atomic E-state index is 11.4. The normalized spacial score (nSPS) is 12.4. The number of carbonyl (C=O) groups is 1. The number of rotatable bonds is 7. The molecule has 1 aromatic rings. The van der Waals surface area contributed by atoms with Crippen LogP contribution in [0, 0.1) is 0 Å². The molecule has 0 saturated heterocycles. The SMILES string of the molecule is CCCC(O)CNC(=O)CCc1ncn[nH]1. The van der Waals surface area contributed by atoms with Crippen molar-refractivity contribution in [2.45, 2.75) is 38.7 Å². The molecule has 0 aliphatic rings. The lowest BCUT2D eigenvalue weighted by Gasteiger charge is -2.10. The molecule has 0 bridgehead atoms. The maximum atomic E-state index is 11.4. The number of nitrogens with zero attached hydrogens (tertiary/aromatic N) is 2. The molecule has 0 saturated carbocycles. The van der Waals surface area contributed by atoms with E-state index in [0.29, 0.717) is 31.6 Å². The van der Waals surface area contributed by atoms with Crippen molar-refractivity contribution in [3.63, 3.8) is 0 Å². The first-order valence-corrected chi connectivity index (χ1v) is 5.51. The Kier molecular flexibility index (Phi) is 5.49. The van der Waals surface area contributed by atoms with Crippen LogP contribution in [0.1, 0.15) is 32.0 Å². The molecule has 6 heteroatoms. The lowest BCUT2D eigenvalue weighted by atomic mass is 10.2. The Morgan fingerprint density at radius 1 is 1.69 bits per heavy atom. The number of nitrogens with one attached hydrogen (secondary N) is 2. The van der Waals surface area contributed by atoms with Crippen molar-refractivity contribution < 1.29 is 9.90 Å². The van der Waals surface area contributed by atoms with E-state index in [1.165, 1.54) is 6.33 Å². The van der Waals surface area contributed by atoms with Gasteiger partial charge in [-0.3, -0.25) is 9.89 Å². The lowest BCUT2D eigenvalue weighted by molar-refractivity contribution is -0.121. The highest BCUT2D eigenvalue weighted by molar-refractivity contribution is 5.76. The summed E-state index contributed by atoms with van der Waals surface area (Å²) < 4.78 is 0. The minimum absolute atomic E-state index is 0.0773. The molecule has 0 aliphatic heterocycles. The minimum Gasteiger partial charge on any atom is -0.391 e. The molecule has 90 valence electrons. The van der Waals surface area contributed by atoms with Gasteiger partial charge in [-0.2, -0.15) is 5.10 Å². The number of aliphatic hydroxyl groups is 1. The zero-order valence-corrected chi connectivity index (χ0v) is 9.44. The minimum atomic E-state index is -0.445. The Balaban J connectivity index is 2.11. The van der Waals surface area contributed by atoms with Gasteiger partial charge in [0.1, 0.15) is 12.2 Å². The summed E-state index contributed by atoms with van der Waals surface area (Å²) in [6, 6.07) is 0. The van der Waals surface area contributed by atoms with Gasteiger partial charge in [-0.05, 0) is 6.42 Å². The molecule has 0 radical (unpaired) electrons. The first-order valence-electron chi connectivity index (χ1n) is 5.51. The smallest absolute Gasteiger partial charge is 0.220 e. The highest BCUT2D eigenvalue weighted by atomic mass is 16.3. The third-order valence-corrected chi connectivity index (χ3v) is 2.21. The first kappa shape index (κ1) is 12.6. The number of aromatic amines is 1. The van der Waals surface area contributed by atoms with Crippen LogP contribution in [0.2, 0.25) is 0 Å². The van der Waals surface area contributed by atoms with Gasteiger partial charge in [0.15, 0.2) is 0 Å². The number of aryl methyl sites for hydroxylation is 1. The highest BCUT2D eigenvalue weighted by Crippen LogP contribution is 1.96. The van der Waals surface area contributed by atoms with E-state index < -0.39 is 6.10 Å². The van der Waals surface area contributed by atoms with Crippen LogP contribution < -0.4 is 5.32 Å². The number of aliphatic hydroxyl groups excluding tert-OH is 1. The van der Waals surface area contributed by atoms with Gasteiger partial charge in [-0.1, -0.05) is 13.3 Å². The predicted octanol–water partition coefficient (Wildman–Crippen LogP) is 0.0145. The van der Waals surface area contributed by atoms with Crippen LogP contribution in [0.3, 0.4) is 0 Å². The molecule has 1 rings (SSSR count). The van der Waals surface area contributed by atoms with Gasteiger partial charge in [0.05, 0.1) is 6.10 Å². The third kappa shape index (κ3) is 4.88. The number of amides is 1. The van der Waals surface area contributed by atoms with E-state index in [9.17, 15) is 9.90 Å². The maximum Gasteiger partial charge on any atom is 0.220 e. The average Bonchev–Trinajstić information content (AvgIpc) is 2.77.